The highest BCUT2D eigenvalue weighted by Gasteiger charge is 2.05. The van der Waals surface area contributed by atoms with E-state index in [1.165, 1.54) is 0 Å². The van der Waals surface area contributed by atoms with Gasteiger partial charge in [-0.05, 0) is 54.8 Å². The molecule has 1 amide bonds. The van der Waals surface area contributed by atoms with Crippen molar-refractivity contribution < 1.29 is 9.53 Å². The summed E-state index contributed by atoms with van der Waals surface area (Å²) < 4.78 is 5.51. The molecule has 0 aromatic heterocycles. The molecule has 2 aromatic carbocycles. The lowest BCUT2D eigenvalue weighted by Crippen LogP contribution is -2.20. The summed E-state index contributed by atoms with van der Waals surface area (Å²) in [5.41, 5.74) is 3.81. The van der Waals surface area contributed by atoms with Gasteiger partial charge in [0.25, 0.3) is 5.91 Å². The Morgan fingerprint density at radius 3 is 2.36 bits per heavy atom. The van der Waals surface area contributed by atoms with Crippen LogP contribution in [0.4, 0.5) is 5.69 Å². The van der Waals surface area contributed by atoms with Crippen LogP contribution in [0.15, 0.2) is 42.5 Å². The van der Waals surface area contributed by atoms with Gasteiger partial charge in [0.05, 0.1) is 12.5 Å². The van der Waals surface area contributed by atoms with Gasteiger partial charge in [0.2, 0.25) is 0 Å². The van der Waals surface area contributed by atoms with Crippen molar-refractivity contribution in [1.29, 1.82) is 5.26 Å². The summed E-state index contributed by atoms with van der Waals surface area (Å²) in [6.45, 7) is 3.94. The first-order valence-corrected chi connectivity index (χ1v) is 7.03. The second-order valence-corrected chi connectivity index (χ2v) is 5.19. The molecule has 0 saturated heterocycles. The number of anilines is 1. The van der Waals surface area contributed by atoms with Crippen molar-refractivity contribution in [1.82, 2.24) is 0 Å². The van der Waals surface area contributed by atoms with Crippen molar-refractivity contribution in [2.24, 2.45) is 0 Å². The van der Waals surface area contributed by atoms with Crippen LogP contribution in [0.2, 0.25) is 0 Å². The van der Waals surface area contributed by atoms with E-state index in [2.05, 4.69) is 17.5 Å². The normalized spacial score (nSPS) is 9.86. The minimum absolute atomic E-state index is 0.0388. The minimum atomic E-state index is -0.216. The molecule has 0 radical (unpaired) electrons. The number of carbonyl (C=O) groups excluding carboxylic acids is 1. The number of rotatable bonds is 5. The molecule has 0 saturated carbocycles. The Hall–Kier alpha value is -2.80. The van der Waals surface area contributed by atoms with Crippen LogP contribution in [0.3, 0.4) is 0 Å². The monoisotopic (exact) mass is 294 g/mol. The first kappa shape index (κ1) is 15.6. The van der Waals surface area contributed by atoms with Crippen molar-refractivity contribution in [3.63, 3.8) is 0 Å². The van der Waals surface area contributed by atoms with E-state index in [9.17, 15) is 4.79 Å². The average Bonchev–Trinajstić information content (AvgIpc) is 2.47. The zero-order valence-corrected chi connectivity index (χ0v) is 12.7. The Kier molecular flexibility index (Phi) is 5.16. The summed E-state index contributed by atoms with van der Waals surface area (Å²) in [7, 11) is 0. The van der Waals surface area contributed by atoms with Gasteiger partial charge in [-0.3, -0.25) is 4.79 Å². The minimum Gasteiger partial charge on any atom is -0.484 e. The van der Waals surface area contributed by atoms with Crippen LogP contribution in [-0.4, -0.2) is 12.5 Å². The number of aryl methyl sites for hydroxylation is 2. The molecular weight excluding hydrogens is 276 g/mol. The summed E-state index contributed by atoms with van der Waals surface area (Å²) in [5, 5.41) is 11.4. The van der Waals surface area contributed by atoms with E-state index in [0.29, 0.717) is 17.9 Å². The van der Waals surface area contributed by atoms with Gasteiger partial charge < -0.3 is 10.1 Å². The maximum atomic E-state index is 11.9. The average molecular weight is 294 g/mol. The fourth-order valence-electron chi connectivity index (χ4n) is 2.16. The number of benzene rings is 2. The molecule has 0 bridgehead atoms. The first-order chi connectivity index (χ1) is 10.6. The second-order valence-electron chi connectivity index (χ2n) is 5.19. The highest BCUT2D eigenvalue weighted by molar-refractivity contribution is 5.91. The van der Waals surface area contributed by atoms with E-state index in [0.717, 1.165) is 16.7 Å². The lowest BCUT2D eigenvalue weighted by atomic mass is 10.1. The van der Waals surface area contributed by atoms with Crippen LogP contribution in [0.25, 0.3) is 0 Å². The van der Waals surface area contributed by atoms with Crippen LogP contribution in [0.5, 0.6) is 5.75 Å². The number of ether oxygens (including phenoxy) is 1. The molecule has 1 N–H and O–H groups in total. The van der Waals surface area contributed by atoms with Gasteiger partial charge in [-0.2, -0.15) is 5.26 Å². The Labute approximate surface area is 130 Å². The third-order valence-electron chi connectivity index (χ3n) is 3.09. The number of hydrogen-bond acceptors (Lipinski definition) is 3. The molecule has 0 aliphatic rings. The van der Waals surface area contributed by atoms with Crippen LogP contribution in [0, 0.1) is 25.2 Å². The fourth-order valence-corrected chi connectivity index (χ4v) is 2.16. The molecule has 22 heavy (non-hydrogen) atoms. The summed E-state index contributed by atoms with van der Waals surface area (Å²) >= 11 is 0. The van der Waals surface area contributed by atoms with Gasteiger partial charge in [0, 0.05) is 5.69 Å². The third-order valence-corrected chi connectivity index (χ3v) is 3.09. The van der Waals surface area contributed by atoms with Gasteiger partial charge in [-0.25, -0.2) is 0 Å². The second kappa shape index (κ2) is 7.28. The van der Waals surface area contributed by atoms with Gasteiger partial charge in [-0.15, -0.1) is 0 Å². The Morgan fingerprint density at radius 2 is 1.77 bits per heavy atom. The molecule has 2 rings (SSSR count). The maximum absolute atomic E-state index is 11.9. The van der Waals surface area contributed by atoms with Crippen LogP contribution in [0.1, 0.15) is 16.7 Å². The zero-order valence-electron chi connectivity index (χ0n) is 12.7. The molecular formula is C18H18N2O2. The summed E-state index contributed by atoms with van der Waals surface area (Å²) in [4.78, 5) is 11.9. The van der Waals surface area contributed by atoms with Crippen molar-refractivity contribution in [2.45, 2.75) is 20.3 Å². The van der Waals surface area contributed by atoms with E-state index < -0.39 is 0 Å². The number of carbonyl (C=O) groups is 1. The van der Waals surface area contributed by atoms with E-state index in [1.807, 2.05) is 38.1 Å². The number of hydrogen-bond donors (Lipinski definition) is 1. The van der Waals surface area contributed by atoms with Gasteiger partial charge in [0.15, 0.2) is 6.61 Å². The summed E-state index contributed by atoms with van der Waals surface area (Å²) in [5.74, 6) is 0.476. The highest BCUT2D eigenvalue weighted by Crippen LogP contribution is 2.16. The topological polar surface area (TPSA) is 62.1 Å². The molecule has 112 valence electrons. The van der Waals surface area contributed by atoms with Crippen LogP contribution in [-0.2, 0) is 11.2 Å². The van der Waals surface area contributed by atoms with Gasteiger partial charge in [0.1, 0.15) is 5.75 Å². The number of nitrogens with one attached hydrogen (secondary N) is 1. The zero-order chi connectivity index (χ0) is 15.9. The van der Waals surface area contributed by atoms with Crippen LogP contribution >= 0.6 is 0 Å². The lowest BCUT2D eigenvalue weighted by Gasteiger charge is -2.09. The summed E-state index contributed by atoms with van der Waals surface area (Å²) in [6, 6.07) is 15.1. The molecule has 0 atom stereocenters. The smallest absolute Gasteiger partial charge is 0.262 e. The Morgan fingerprint density at radius 1 is 1.14 bits per heavy atom. The molecule has 4 nitrogen and oxygen atoms in total. The molecule has 0 spiro atoms. The van der Waals surface area contributed by atoms with Gasteiger partial charge in [-0.1, -0.05) is 18.2 Å². The predicted octanol–water partition coefficient (Wildman–Crippen LogP) is 3.39. The Balaban J connectivity index is 1.88. The maximum Gasteiger partial charge on any atom is 0.262 e. The lowest BCUT2D eigenvalue weighted by molar-refractivity contribution is -0.118. The first-order valence-electron chi connectivity index (χ1n) is 7.03. The number of amides is 1. The van der Waals surface area contributed by atoms with E-state index >= 15 is 0 Å². The van der Waals surface area contributed by atoms with Crippen molar-refractivity contribution in [2.75, 3.05) is 11.9 Å². The molecule has 0 fully saturated rings. The molecule has 0 aliphatic heterocycles. The molecule has 4 heteroatoms. The number of nitrogens with zero attached hydrogens (tertiary/aromatic N) is 1. The molecule has 0 unspecified atom stereocenters. The van der Waals surface area contributed by atoms with Gasteiger partial charge >= 0.3 is 0 Å². The Bertz CT molecular complexity index is 680. The number of nitriles is 1. The predicted molar refractivity (Wildman–Crippen MR) is 85.8 cm³/mol. The largest absolute Gasteiger partial charge is 0.484 e. The molecule has 2 aromatic rings. The molecule has 0 heterocycles. The third kappa shape index (κ3) is 4.64. The van der Waals surface area contributed by atoms with Crippen molar-refractivity contribution in [3.8, 4) is 11.8 Å². The fraction of sp³-hybridized carbons (Fsp3) is 0.222. The standard InChI is InChI=1S/C18H18N2O2/c1-13-9-14(2)11-17(10-13)22-12-18(21)20-16-5-3-15(4-6-16)7-8-19/h3-6,9-11H,7,12H2,1-2H3,(H,20,21). The molecule has 0 aliphatic carbocycles. The van der Waals surface area contributed by atoms with Crippen molar-refractivity contribution in [3.05, 3.63) is 59.2 Å². The van der Waals surface area contributed by atoms with Crippen LogP contribution < -0.4 is 10.1 Å². The van der Waals surface area contributed by atoms with E-state index in [-0.39, 0.29) is 12.5 Å². The van der Waals surface area contributed by atoms with E-state index in [1.54, 1.807) is 12.1 Å². The van der Waals surface area contributed by atoms with E-state index in [4.69, 9.17) is 10.00 Å². The SMILES string of the molecule is Cc1cc(C)cc(OCC(=O)Nc2ccc(CC#N)cc2)c1. The quantitative estimate of drug-likeness (QED) is 0.919. The summed E-state index contributed by atoms with van der Waals surface area (Å²) in [6.07, 6.45) is 0.365. The highest BCUT2D eigenvalue weighted by atomic mass is 16.5. The van der Waals surface area contributed by atoms with Crippen molar-refractivity contribution >= 4 is 11.6 Å².